The Labute approximate surface area is 95.2 Å². The molecule has 7 heteroatoms. The summed E-state index contributed by atoms with van der Waals surface area (Å²) in [6.07, 6.45) is 3.54. The van der Waals surface area contributed by atoms with Crippen LogP contribution in [-0.2, 0) is 41.6 Å². The minimum atomic E-state index is -1.76. The zero-order chi connectivity index (χ0) is 9.14. The van der Waals surface area contributed by atoms with Gasteiger partial charge in [0.05, 0.1) is 0 Å². The molecule has 0 saturated heterocycles. The van der Waals surface area contributed by atoms with E-state index in [1.807, 2.05) is 0 Å². The van der Waals surface area contributed by atoms with Crippen molar-refractivity contribution < 1.29 is 37.0 Å². The molecule has 4 nitrogen and oxygen atoms in total. The van der Waals surface area contributed by atoms with Gasteiger partial charge in [0.1, 0.15) is 0 Å². The van der Waals surface area contributed by atoms with Gasteiger partial charge in [-0.1, -0.05) is 22.2 Å². The van der Waals surface area contributed by atoms with E-state index in [0.717, 1.165) is 25.7 Å². The smallest absolute Gasteiger partial charge is 0.772 e. The third kappa shape index (κ3) is 6.85. The summed E-state index contributed by atoms with van der Waals surface area (Å²) >= 11 is -3.51. The van der Waals surface area contributed by atoms with Crippen molar-refractivity contribution in [3.8, 4) is 0 Å². The average Bonchev–Trinajstić information content (AvgIpc) is 2.85. The van der Waals surface area contributed by atoms with E-state index in [1.54, 1.807) is 0 Å². The molecule has 72 valence electrons. The number of rotatable bonds is 2. The summed E-state index contributed by atoms with van der Waals surface area (Å²) in [6.45, 7) is 0. The zero-order valence-electron chi connectivity index (χ0n) is 7.14. The Hall–Kier alpha value is 0.843. The van der Waals surface area contributed by atoms with Crippen molar-refractivity contribution in [2.24, 2.45) is 0 Å². The largest absolute Gasteiger partial charge is 2.00 e. The molecule has 2 unspecified atom stereocenters. The first-order valence-electron chi connectivity index (χ1n) is 3.77. The fourth-order valence-electron chi connectivity index (χ4n) is 0.521. The van der Waals surface area contributed by atoms with E-state index in [9.17, 15) is 17.5 Å². The van der Waals surface area contributed by atoms with Gasteiger partial charge in [0.2, 0.25) is 0 Å². The Morgan fingerprint density at radius 1 is 0.846 bits per heavy atom. The molecular weight excluding hydrogens is 266 g/mol. The van der Waals surface area contributed by atoms with Crippen LogP contribution in [0.3, 0.4) is 0 Å². The van der Waals surface area contributed by atoms with Gasteiger partial charge in [0.25, 0.3) is 0 Å². The van der Waals surface area contributed by atoms with Crippen LogP contribution >= 0.6 is 0 Å². The van der Waals surface area contributed by atoms with Crippen molar-refractivity contribution in [1.29, 1.82) is 0 Å². The first-order chi connectivity index (χ1) is 5.61. The molecule has 0 amide bonds. The molecule has 13 heavy (non-hydrogen) atoms. The third-order valence-electron chi connectivity index (χ3n) is 1.59. The Morgan fingerprint density at radius 2 is 1.08 bits per heavy atom. The average molecular weight is 276 g/mol. The SMILES string of the molecule is O=S([O-])C1CC1.O=S([O-])C1CC1.[Zn+2]. The maximum Gasteiger partial charge on any atom is 2.00 e. The molecule has 0 radical (unpaired) electrons. The molecule has 0 aromatic carbocycles. The first kappa shape index (κ1) is 13.8. The van der Waals surface area contributed by atoms with Gasteiger partial charge in [-0.25, -0.2) is 0 Å². The van der Waals surface area contributed by atoms with Gasteiger partial charge in [-0.2, -0.15) is 0 Å². The maximum absolute atomic E-state index is 9.76. The van der Waals surface area contributed by atoms with E-state index in [1.165, 1.54) is 0 Å². The molecular formula is C6H10O4S2Zn. The molecule has 0 N–H and O–H groups in total. The van der Waals surface area contributed by atoms with Gasteiger partial charge in [-0.3, -0.25) is 8.42 Å². The van der Waals surface area contributed by atoms with Crippen LogP contribution in [0.2, 0.25) is 0 Å². The molecule has 2 saturated carbocycles. The number of hydrogen-bond donors (Lipinski definition) is 0. The molecule has 0 aliphatic heterocycles. The van der Waals surface area contributed by atoms with Gasteiger partial charge in [-0.15, -0.1) is 0 Å². The normalized spacial score (nSPS) is 24.8. The van der Waals surface area contributed by atoms with Crippen LogP contribution < -0.4 is 0 Å². The third-order valence-corrected chi connectivity index (χ3v) is 3.62. The zero-order valence-corrected chi connectivity index (χ0v) is 11.7. The Bertz CT molecular complexity index is 181. The molecule has 2 atom stereocenters. The second-order valence-corrected chi connectivity index (χ2v) is 5.29. The standard InChI is InChI=1S/2C3H6O2S.Zn/c2*4-6(5)3-1-2-3;/h2*3H,1-2H2,(H,4,5);/q;;+2/p-2. The van der Waals surface area contributed by atoms with Gasteiger partial charge in [0, 0.05) is 10.5 Å². The minimum absolute atomic E-state index is 0. The molecule has 2 aliphatic carbocycles. The number of hydrogen-bond acceptors (Lipinski definition) is 4. The molecule has 2 aliphatic rings. The molecule has 0 heterocycles. The Kier molecular flexibility index (Phi) is 6.76. The van der Waals surface area contributed by atoms with E-state index in [0.29, 0.717) is 0 Å². The van der Waals surface area contributed by atoms with Crippen LogP contribution in [-0.4, -0.2) is 28.0 Å². The predicted molar refractivity (Wildman–Crippen MR) is 43.9 cm³/mol. The Morgan fingerprint density at radius 3 is 1.08 bits per heavy atom. The van der Waals surface area contributed by atoms with Crippen molar-refractivity contribution in [3.05, 3.63) is 0 Å². The van der Waals surface area contributed by atoms with Gasteiger partial charge < -0.3 is 9.11 Å². The van der Waals surface area contributed by atoms with E-state index in [-0.39, 0.29) is 30.0 Å². The second-order valence-electron chi connectivity index (χ2n) is 2.92. The van der Waals surface area contributed by atoms with E-state index in [2.05, 4.69) is 0 Å². The van der Waals surface area contributed by atoms with Crippen LogP contribution in [0.4, 0.5) is 0 Å². The molecule has 0 aromatic rings. The van der Waals surface area contributed by atoms with Gasteiger partial charge >= 0.3 is 19.5 Å². The van der Waals surface area contributed by atoms with Crippen molar-refractivity contribution in [3.63, 3.8) is 0 Å². The summed E-state index contributed by atoms with van der Waals surface area (Å²) < 4.78 is 39.0. The van der Waals surface area contributed by atoms with Crippen molar-refractivity contribution >= 4 is 22.2 Å². The van der Waals surface area contributed by atoms with Crippen LogP contribution in [0.25, 0.3) is 0 Å². The fourth-order valence-corrected chi connectivity index (χ4v) is 1.56. The summed E-state index contributed by atoms with van der Waals surface area (Å²) in [5.41, 5.74) is 0. The van der Waals surface area contributed by atoms with Crippen molar-refractivity contribution in [1.82, 2.24) is 0 Å². The summed E-state index contributed by atoms with van der Waals surface area (Å²) in [6, 6.07) is 0. The molecule has 0 spiro atoms. The van der Waals surface area contributed by atoms with E-state index in [4.69, 9.17) is 0 Å². The first-order valence-corrected chi connectivity index (χ1v) is 6.05. The monoisotopic (exact) mass is 274 g/mol. The van der Waals surface area contributed by atoms with Crippen molar-refractivity contribution in [2.45, 2.75) is 36.2 Å². The summed E-state index contributed by atoms with van der Waals surface area (Å²) in [7, 11) is 0. The maximum atomic E-state index is 9.76. The summed E-state index contributed by atoms with van der Waals surface area (Å²) in [5, 5.41) is 0.0370. The molecule has 0 bridgehead atoms. The van der Waals surface area contributed by atoms with Crippen LogP contribution in [0.15, 0.2) is 0 Å². The van der Waals surface area contributed by atoms with E-state index < -0.39 is 22.2 Å². The fraction of sp³-hybridized carbons (Fsp3) is 1.00. The summed E-state index contributed by atoms with van der Waals surface area (Å²) in [4.78, 5) is 0. The second kappa shape index (κ2) is 6.35. The summed E-state index contributed by atoms with van der Waals surface area (Å²) in [5.74, 6) is 0. The minimum Gasteiger partial charge on any atom is -0.772 e. The van der Waals surface area contributed by atoms with Gasteiger partial charge in [0.15, 0.2) is 0 Å². The van der Waals surface area contributed by atoms with E-state index >= 15 is 0 Å². The van der Waals surface area contributed by atoms with Crippen LogP contribution in [0, 0.1) is 0 Å². The quantitative estimate of drug-likeness (QED) is 0.527. The van der Waals surface area contributed by atoms with Crippen LogP contribution in [0.1, 0.15) is 25.7 Å². The Balaban J connectivity index is 0.000000206. The van der Waals surface area contributed by atoms with Crippen LogP contribution in [0.5, 0.6) is 0 Å². The topological polar surface area (TPSA) is 80.3 Å². The van der Waals surface area contributed by atoms with Crippen molar-refractivity contribution in [2.75, 3.05) is 0 Å². The van der Waals surface area contributed by atoms with Gasteiger partial charge in [-0.05, 0) is 25.7 Å². The molecule has 2 rings (SSSR count). The predicted octanol–water partition coefficient (Wildman–Crippen LogP) is 0.0533. The molecule has 0 aromatic heterocycles. The molecule has 2 fully saturated rings.